The Labute approximate surface area is 50.1 Å². The third kappa shape index (κ3) is 0.808. The number of nitrogens with zero attached hydrogens (tertiary/aromatic N) is 1. The summed E-state index contributed by atoms with van der Waals surface area (Å²) < 4.78 is 0. The summed E-state index contributed by atoms with van der Waals surface area (Å²) in [5.74, 6) is 0. The molecular formula is C7H11N. The van der Waals surface area contributed by atoms with E-state index in [9.17, 15) is 0 Å². The Hall–Kier alpha value is -0.590. The molecule has 1 aliphatic rings. The van der Waals surface area contributed by atoms with Gasteiger partial charge >= 0.3 is 0 Å². The van der Waals surface area contributed by atoms with Gasteiger partial charge in [-0.2, -0.15) is 0 Å². The summed E-state index contributed by atoms with van der Waals surface area (Å²) in [4.78, 5) is 4.14. The van der Waals surface area contributed by atoms with Crippen LogP contribution in [0.3, 0.4) is 0 Å². The highest BCUT2D eigenvalue weighted by atomic mass is 14.7. The third-order valence-electron chi connectivity index (χ3n) is 1.56. The molecule has 8 heavy (non-hydrogen) atoms. The first-order chi connectivity index (χ1) is 3.84. The lowest BCUT2D eigenvalue weighted by Gasteiger charge is -1.92. The van der Waals surface area contributed by atoms with Crippen LogP contribution in [0, 0.1) is 0 Å². The van der Waals surface area contributed by atoms with E-state index in [2.05, 4.69) is 18.8 Å². The molecule has 0 bridgehead atoms. The van der Waals surface area contributed by atoms with Gasteiger partial charge in [-0.25, -0.2) is 0 Å². The number of rotatable bonds is 1. The molecule has 0 aromatic rings. The van der Waals surface area contributed by atoms with E-state index in [1.54, 1.807) is 0 Å². The predicted octanol–water partition coefficient (Wildman–Crippen LogP) is 2.14. The highest BCUT2D eigenvalue weighted by molar-refractivity contribution is 5.66. The van der Waals surface area contributed by atoms with Crippen molar-refractivity contribution in [3.8, 4) is 0 Å². The van der Waals surface area contributed by atoms with E-state index in [1.807, 2.05) is 6.21 Å². The normalized spacial score (nSPS) is 18.2. The van der Waals surface area contributed by atoms with Crippen LogP contribution in [0.2, 0.25) is 0 Å². The van der Waals surface area contributed by atoms with Gasteiger partial charge in [-0.15, -0.1) is 0 Å². The van der Waals surface area contributed by atoms with E-state index < -0.39 is 0 Å². The Balaban J connectivity index is 2.68. The van der Waals surface area contributed by atoms with Gasteiger partial charge in [0.1, 0.15) is 0 Å². The summed E-state index contributed by atoms with van der Waals surface area (Å²) in [6.45, 7) is 4.25. The molecule has 0 N–H and O–H groups in total. The molecule has 0 radical (unpaired) electrons. The van der Waals surface area contributed by atoms with Crippen LogP contribution in [0.4, 0.5) is 0 Å². The standard InChI is InChI=1S/C7H11N/c1-3-7-4-5-8-6(7)2/h5H,3-4H2,1-2H3. The largest absolute Gasteiger partial charge is 0.266 e. The van der Waals surface area contributed by atoms with E-state index in [-0.39, 0.29) is 0 Å². The van der Waals surface area contributed by atoms with Crippen molar-refractivity contribution in [1.82, 2.24) is 0 Å². The predicted molar refractivity (Wildman–Crippen MR) is 36.1 cm³/mol. The van der Waals surface area contributed by atoms with Gasteiger partial charge in [0.15, 0.2) is 0 Å². The monoisotopic (exact) mass is 109 g/mol. The SMILES string of the molecule is CCC1=C(C)N=CC1. The first-order valence-electron chi connectivity index (χ1n) is 3.05. The van der Waals surface area contributed by atoms with E-state index in [0.717, 1.165) is 12.8 Å². The van der Waals surface area contributed by atoms with Crippen molar-refractivity contribution in [2.24, 2.45) is 4.99 Å². The quantitative estimate of drug-likeness (QED) is 0.489. The van der Waals surface area contributed by atoms with Crippen molar-refractivity contribution in [3.63, 3.8) is 0 Å². The zero-order valence-electron chi connectivity index (χ0n) is 5.44. The van der Waals surface area contributed by atoms with Crippen molar-refractivity contribution in [2.45, 2.75) is 26.7 Å². The molecule has 0 aliphatic carbocycles. The average Bonchev–Trinajstić information content (AvgIpc) is 2.14. The summed E-state index contributed by atoms with van der Waals surface area (Å²) in [5, 5.41) is 0. The van der Waals surface area contributed by atoms with Crippen LogP contribution in [0.1, 0.15) is 26.7 Å². The van der Waals surface area contributed by atoms with Gasteiger partial charge in [-0.05, 0) is 18.9 Å². The van der Waals surface area contributed by atoms with E-state index >= 15 is 0 Å². The fourth-order valence-corrected chi connectivity index (χ4v) is 0.932. The lowest BCUT2D eigenvalue weighted by molar-refractivity contribution is 1.04. The number of aliphatic imine (C=N–C) groups is 1. The van der Waals surface area contributed by atoms with Gasteiger partial charge in [0.05, 0.1) is 0 Å². The Morgan fingerprint density at radius 2 is 2.50 bits per heavy atom. The lowest BCUT2D eigenvalue weighted by Crippen LogP contribution is -1.76. The molecule has 0 amide bonds. The summed E-state index contributed by atoms with van der Waals surface area (Å²) in [6.07, 6.45) is 4.22. The van der Waals surface area contributed by atoms with Gasteiger partial charge < -0.3 is 0 Å². The second-order valence-electron chi connectivity index (χ2n) is 2.06. The molecule has 0 saturated heterocycles. The summed E-state index contributed by atoms with van der Waals surface area (Å²) in [6, 6.07) is 0. The molecular weight excluding hydrogens is 98.1 g/mol. The number of hydrogen-bond acceptors (Lipinski definition) is 1. The molecule has 0 aromatic carbocycles. The van der Waals surface area contributed by atoms with Crippen molar-refractivity contribution in [2.75, 3.05) is 0 Å². The smallest absolute Gasteiger partial charge is 0.0364 e. The lowest BCUT2D eigenvalue weighted by atomic mass is 10.1. The van der Waals surface area contributed by atoms with Crippen molar-refractivity contribution >= 4 is 6.21 Å². The van der Waals surface area contributed by atoms with Crippen LogP contribution >= 0.6 is 0 Å². The molecule has 0 unspecified atom stereocenters. The van der Waals surface area contributed by atoms with Crippen LogP contribution < -0.4 is 0 Å². The maximum absolute atomic E-state index is 4.14. The Kier molecular flexibility index (Phi) is 1.47. The topological polar surface area (TPSA) is 12.4 Å². The minimum Gasteiger partial charge on any atom is -0.266 e. The Bertz CT molecular complexity index is 142. The third-order valence-corrected chi connectivity index (χ3v) is 1.56. The Morgan fingerprint density at radius 1 is 1.75 bits per heavy atom. The molecule has 44 valence electrons. The molecule has 1 heterocycles. The molecule has 1 rings (SSSR count). The van der Waals surface area contributed by atoms with E-state index in [4.69, 9.17) is 0 Å². The molecule has 0 saturated carbocycles. The minimum atomic E-state index is 1.09. The van der Waals surface area contributed by atoms with Gasteiger partial charge in [0.2, 0.25) is 0 Å². The fraction of sp³-hybridized carbons (Fsp3) is 0.571. The van der Waals surface area contributed by atoms with Crippen molar-refractivity contribution < 1.29 is 0 Å². The zero-order chi connectivity index (χ0) is 5.98. The molecule has 0 spiro atoms. The van der Waals surface area contributed by atoms with E-state index in [0.29, 0.717) is 0 Å². The number of allylic oxidation sites excluding steroid dienone is 2. The first kappa shape index (κ1) is 5.54. The maximum atomic E-state index is 4.14. The molecule has 0 aromatic heterocycles. The van der Waals surface area contributed by atoms with Crippen LogP contribution in [0.25, 0.3) is 0 Å². The average molecular weight is 109 g/mol. The second-order valence-corrected chi connectivity index (χ2v) is 2.06. The first-order valence-corrected chi connectivity index (χ1v) is 3.05. The van der Waals surface area contributed by atoms with Gasteiger partial charge in [0, 0.05) is 18.3 Å². The molecule has 1 aliphatic heterocycles. The summed E-state index contributed by atoms with van der Waals surface area (Å²) >= 11 is 0. The van der Waals surface area contributed by atoms with Crippen LogP contribution in [0.5, 0.6) is 0 Å². The zero-order valence-corrected chi connectivity index (χ0v) is 5.44. The minimum absolute atomic E-state index is 1.09. The highest BCUT2D eigenvalue weighted by Gasteiger charge is 2.01. The van der Waals surface area contributed by atoms with Crippen LogP contribution in [-0.2, 0) is 0 Å². The van der Waals surface area contributed by atoms with Crippen LogP contribution in [-0.4, -0.2) is 6.21 Å². The summed E-state index contributed by atoms with van der Waals surface area (Å²) in [5.41, 5.74) is 2.72. The van der Waals surface area contributed by atoms with Crippen molar-refractivity contribution in [3.05, 3.63) is 11.3 Å². The number of hydrogen-bond donors (Lipinski definition) is 0. The molecule has 1 nitrogen and oxygen atoms in total. The van der Waals surface area contributed by atoms with Gasteiger partial charge in [-0.3, -0.25) is 4.99 Å². The Morgan fingerprint density at radius 3 is 2.75 bits per heavy atom. The molecule has 0 fully saturated rings. The van der Waals surface area contributed by atoms with Crippen molar-refractivity contribution in [1.29, 1.82) is 0 Å². The molecule has 0 atom stereocenters. The second kappa shape index (κ2) is 2.12. The van der Waals surface area contributed by atoms with Gasteiger partial charge in [-0.1, -0.05) is 6.92 Å². The highest BCUT2D eigenvalue weighted by Crippen LogP contribution is 2.17. The fourth-order valence-electron chi connectivity index (χ4n) is 0.932. The summed E-state index contributed by atoms with van der Waals surface area (Å²) in [7, 11) is 0. The van der Waals surface area contributed by atoms with Gasteiger partial charge in [0.25, 0.3) is 0 Å². The van der Waals surface area contributed by atoms with E-state index in [1.165, 1.54) is 11.3 Å². The maximum Gasteiger partial charge on any atom is 0.0364 e. The van der Waals surface area contributed by atoms with Crippen LogP contribution in [0.15, 0.2) is 16.3 Å². The molecule has 1 heteroatoms.